The van der Waals surface area contributed by atoms with Crippen LogP contribution in [0.3, 0.4) is 0 Å². The minimum Gasteiger partial charge on any atom is -0.383 e. The summed E-state index contributed by atoms with van der Waals surface area (Å²) < 4.78 is 0. The summed E-state index contributed by atoms with van der Waals surface area (Å²) in [4.78, 5) is 8.72. The maximum atomic E-state index is 6.06. The number of nitrogen functional groups attached to an aromatic ring is 1. The van der Waals surface area contributed by atoms with Crippen molar-refractivity contribution < 1.29 is 0 Å². The second kappa shape index (κ2) is 5.80. The fourth-order valence-corrected chi connectivity index (χ4v) is 2.31. The Kier molecular flexibility index (Phi) is 4.12. The predicted octanol–water partition coefficient (Wildman–Crippen LogP) is 2.37. The SMILES string of the molecule is CCNC(c1ncccc1C)c1c(C)ccnc1N. The first kappa shape index (κ1) is 13.5. The molecular formula is C15H20N4. The molecule has 4 heteroatoms. The summed E-state index contributed by atoms with van der Waals surface area (Å²) in [6.07, 6.45) is 3.55. The molecule has 0 saturated carbocycles. The van der Waals surface area contributed by atoms with Crippen molar-refractivity contribution in [2.24, 2.45) is 0 Å². The van der Waals surface area contributed by atoms with Gasteiger partial charge in [0.1, 0.15) is 5.82 Å². The van der Waals surface area contributed by atoms with E-state index in [2.05, 4.69) is 42.1 Å². The summed E-state index contributed by atoms with van der Waals surface area (Å²) in [5, 5.41) is 3.46. The van der Waals surface area contributed by atoms with Gasteiger partial charge in [-0.05, 0) is 43.7 Å². The molecule has 0 amide bonds. The van der Waals surface area contributed by atoms with Gasteiger partial charge in [-0.15, -0.1) is 0 Å². The second-order valence-electron chi connectivity index (χ2n) is 4.62. The van der Waals surface area contributed by atoms with Crippen LogP contribution in [0.25, 0.3) is 0 Å². The van der Waals surface area contributed by atoms with E-state index in [4.69, 9.17) is 5.73 Å². The molecule has 2 aromatic heterocycles. The van der Waals surface area contributed by atoms with Crippen LogP contribution in [0.15, 0.2) is 30.6 Å². The first-order chi connectivity index (χ1) is 9.15. The van der Waals surface area contributed by atoms with Crippen molar-refractivity contribution in [3.8, 4) is 0 Å². The number of rotatable bonds is 4. The molecule has 0 aliphatic rings. The Bertz CT molecular complexity index is 546. The van der Waals surface area contributed by atoms with E-state index in [1.165, 1.54) is 0 Å². The van der Waals surface area contributed by atoms with E-state index >= 15 is 0 Å². The molecule has 0 spiro atoms. The third kappa shape index (κ3) is 2.74. The van der Waals surface area contributed by atoms with Crippen LogP contribution >= 0.6 is 0 Å². The molecule has 0 saturated heterocycles. The molecule has 0 radical (unpaired) electrons. The van der Waals surface area contributed by atoms with Gasteiger partial charge in [-0.3, -0.25) is 4.98 Å². The summed E-state index contributed by atoms with van der Waals surface area (Å²) in [7, 11) is 0. The lowest BCUT2D eigenvalue weighted by molar-refractivity contribution is 0.609. The molecule has 4 nitrogen and oxygen atoms in total. The molecule has 100 valence electrons. The highest BCUT2D eigenvalue weighted by Crippen LogP contribution is 2.28. The van der Waals surface area contributed by atoms with Crippen molar-refractivity contribution in [1.29, 1.82) is 0 Å². The van der Waals surface area contributed by atoms with Crippen molar-refractivity contribution in [1.82, 2.24) is 15.3 Å². The molecule has 2 rings (SSSR count). The van der Waals surface area contributed by atoms with Gasteiger partial charge in [-0.25, -0.2) is 4.98 Å². The van der Waals surface area contributed by atoms with Gasteiger partial charge in [0, 0.05) is 18.0 Å². The molecular weight excluding hydrogens is 236 g/mol. The van der Waals surface area contributed by atoms with Crippen molar-refractivity contribution in [2.75, 3.05) is 12.3 Å². The van der Waals surface area contributed by atoms with Gasteiger partial charge in [0.2, 0.25) is 0 Å². The highest BCUT2D eigenvalue weighted by Gasteiger charge is 2.21. The van der Waals surface area contributed by atoms with E-state index in [0.717, 1.165) is 28.9 Å². The molecule has 2 heterocycles. The molecule has 0 aromatic carbocycles. The monoisotopic (exact) mass is 256 g/mol. The normalized spacial score (nSPS) is 12.4. The molecule has 2 aromatic rings. The molecule has 1 atom stereocenters. The molecule has 19 heavy (non-hydrogen) atoms. The molecule has 0 aliphatic carbocycles. The third-order valence-electron chi connectivity index (χ3n) is 3.26. The van der Waals surface area contributed by atoms with Crippen molar-refractivity contribution in [3.63, 3.8) is 0 Å². The highest BCUT2D eigenvalue weighted by atomic mass is 15.0. The van der Waals surface area contributed by atoms with Crippen molar-refractivity contribution >= 4 is 5.82 Å². The highest BCUT2D eigenvalue weighted by molar-refractivity contribution is 5.49. The number of hydrogen-bond acceptors (Lipinski definition) is 4. The number of nitrogens with two attached hydrogens (primary N) is 1. The van der Waals surface area contributed by atoms with E-state index in [9.17, 15) is 0 Å². The Morgan fingerprint density at radius 2 is 1.95 bits per heavy atom. The van der Waals surface area contributed by atoms with E-state index in [1.54, 1.807) is 6.20 Å². The van der Waals surface area contributed by atoms with Crippen LogP contribution in [-0.2, 0) is 0 Å². The van der Waals surface area contributed by atoms with Gasteiger partial charge < -0.3 is 11.1 Å². The lowest BCUT2D eigenvalue weighted by atomic mass is 9.96. The standard InChI is InChI=1S/C15H20N4/c1-4-17-14(13-11(3)6-5-8-18-13)12-10(2)7-9-19-15(12)16/h5-9,14,17H,4H2,1-3H3,(H2,16,19). The van der Waals surface area contributed by atoms with Crippen LogP contribution < -0.4 is 11.1 Å². The zero-order chi connectivity index (χ0) is 13.8. The van der Waals surface area contributed by atoms with Crippen LogP contribution in [0.2, 0.25) is 0 Å². The Morgan fingerprint density at radius 1 is 1.16 bits per heavy atom. The molecule has 0 fully saturated rings. The maximum absolute atomic E-state index is 6.06. The van der Waals surface area contributed by atoms with E-state index in [1.807, 2.05) is 18.3 Å². The van der Waals surface area contributed by atoms with Gasteiger partial charge in [0.05, 0.1) is 11.7 Å². The number of aromatic nitrogens is 2. The number of aryl methyl sites for hydroxylation is 2. The third-order valence-corrected chi connectivity index (χ3v) is 3.26. The molecule has 0 aliphatic heterocycles. The molecule has 3 N–H and O–H groups in total. The van der Waals surface area contributed by atoms with Gasteiger partial charge in [0.25, 0.3) is 0 Å². The fraction of sp³-hybridized carbons (Fsp3) is 0.333. The maximum Gasteiger partial charge on any atom is 0.128 e. The van der Waals surface area contributed by atoms with Crippen molar-refractivity contribution in [2.45, 2.75) is 26.8 Å². The lowest BCUT2D eigenvalue weighted by Gasteiger charge is -2.22. The largest absolute Gasteiger partial charge is 0.383 e. The predicted molar refractivity (Wildman–Crippen MR) is 77.9 cm³/mol. The van der Waals surface area contributed by atoms with Gasteiger partial charge >= 0.3 is 0 Å². The summed E-state index contributed by atoms with van der Waals surface area (Å²) >= 11 is 0. The molecule has 1 unspecified atom stereocenters. The summed E-state index contributed by atoms with van der Waals surface area (Å²) in [5.41, 5.74) is 10.4. The van der Waals surface area contributed by atoms with Crippen LogP contribution in [0, 0.1) is 13.8 Å². The number of nitrogens with one attached hydrogen (secondary N) is 1. The quantitative estimate of drug-likeness (QED) is 0.881. The van der Waals surface area contributed by atoms with Gasteiger partial charge in [0.15, 0.2) is 0 Å². The zero-order valence-electron chi connectivity index (χ0n) is 11.6. The number of pyridine rings is 2. The average molecular weight is 256 g/mol. The van der Waals surface area contributed by atoms with Crippen LogP contribution in [0.5, 0.6) is 0 Å². The Morgan fingerprint density at radius 3 is 2.58 bits per heavy atom. The summed E-state index contributed by atoms with van der Waals surface area (Å²) in [5.74, 6) is 0.566. The first-order valence-corrected chi connectivity index (χ1v) is 6.51. The first-order valence-electron chi connectivity index (χ1n) is 6.51. The van der Waals surface area contributed by atoms with Gasteiger partial charge in [-0.2, -0.15) is 0 Å². The topological polar surface area (TPSA) is 63.8 Å². The van der Waals surface area contributed by atoms with Gasteiger partial charge in [-0.1, -0.05) is 13.0 Å². The van der Waals surface area contributed by atoms with Crippen LogP contribution in [0.4, 0.5) is 5.82 Å². The van der Waals surface area contributed by atoms with Crippen LogP contribution in [0.1, 0.15) is 35.3 Å². The summed E-state index contributed by atoms with van der Waals surface area (Å²) in [6, 6.07) is 5.98. The Hall–Kier alpha value is -1.94. The smallest absolute Gasteiger partial charge is 0.128 e. The zero-order valence-corrected chi connectivity index (χ0v) is 11.6. The average Bonchev–Trinajstić information content (AvgIpc) is 2.38. The van der Waals surface area contributed by atoms with Crippen molar-refractivity contribution in [3.05, 3.63) is 53.0 Å². The lowest BCUT2D eigenvalue weighted by Crippen LogP contribution is -2.25. The number of hydrogen-bond donors (Lipinski definition) is 2. The minimum atomic E-state index is -0.0140. The van der Waals surface area contributed by atoms with E-state index in [0.29, 0.717) is 5.82 Å². The number of anilines is 1. The van der Waals surface area contributed by atoms with E-state index < -0.39 is 0 Å². The van der Waals surface area contributed by atoms with Crippen LogP contribution in [-0.4, -0.2) is 16.5 Å². The summed E-state index contributed by atoms with van der Waals surface area (Å²) in [6.45, 7) is 7.03. The number of nitrogens with zero attached hydrogens (tertiary/aromatic N) is 2. The second-order valence-corrected chi connectivity index (χ2v) is 4.62. The fourth-order valence-electron chi connectivity index (χ4n) is 2.31. The molecule has 0 bridgehead atoms. The van der Waals surface area contributed by atoms with E-state index in [-0.39, 0.29) is 6.04 Å². The Balaban J connectivity index is 2.55. The Labute approximate surface area is 114 Å². The minimum absolute atomic E-state index is 0.0140.